The second-order valence-corrected chi connectivity index (χ2v) is 7.81. The predicted molar refractivity (Wildman–Crippen MR) is 83.7 cm³/mol. The van der Waals surface area contributed by atoms with Crippen molar-refractivity contribution in [1.29, 1.82) is 0 Å². The zero-order chi connectivity index (χ0) is 15.3. The van der Waals surface area contributed by atoms with E-state index in [1.54, 1.807) is 30.6 Å². The van der Waals surface area contributed by atoms with Crippen LogP contribution >= 0.6 is 11.3 Å². The van der Waals surface area contributed by atoms with Crippen LogP contribution in [0.5, 0.6) is 0 Å². The molecule has 0 aromatic carbocycles. The molecule has 2 aromatic rings. The van der Waals surface area contributed by atoms with Gasteiger partial charge in [-0.15, -0.1) is 11.3 Å². The molecule has 116 valence electrons. The molecule has 0 atom stereocenters. The molecule has 0 saturated carbocycles. The monoisotopic (exact) mass is 328 g/mol. The van der Waals surface area contributed by atoms with Crippen LogP contribution in [0, 0.1) is 0 Å². The molecule has 0 fully saturated rings. The van der Waals surface area contributed by atoms with Crippen LogP contribution in [0.15, 0.2) is 39.2 Å². The lowest BCUT2D eigenvalue weighted by atomic mass is 10.4. The molecular formula is C14H20N2O3S2. The second kappa shape index (κ2) is 7.22. The van der Waals surface area contributed by atoms with Gasteiger partial charge >= 0.3 is 0 Å². The molecule has 0 amide bonds. The van der Waals surface area contributed by atoms with Gasteiger partial charge in [-0.1, -0.05) is 6.92 Å². The Balaban J connectivity index is 2.04. The molecule has 21 heavy (non-hydrogen) atoms. The van der Waals surface area contributed by atoms with Gasteiger partial charge in [0.15, 0.2) is 0 Å². The van der Waals surface area contributed by atoms with Gasteiger partial charge < -0.3 is 9.73 Å². The second-order valence-electron chi connectivity index (χ2n) is 4.77. The van der Waals surface area contributed by atoms with Gasteiger partial charge in [-0.25, -0.2) is 8.42 Å². The van der Waals surface area contributed by atoms with Crippen molar-refractivity contribution in [3.63, 3.8) is 0 Å². The molecule has 0 aliphatic heterocycles. The van der Waals surface area contributed by atoms with Gasteiger partial charge in [0.05, 0.1) is 17.7 Å². The van der Waals surface area contributed by atoms with E-state index >= 15 is 0 Å². The SMILES string of the molecule is CCCNCc1cc(S(=O)(=O)N(C)Cc2ccco2)cs1. The van der Waals surface area contributed by atoms with Crippen LogP contribution in [0.2, 0.25) is 0 Å². The van der Waals surface area contributed by atoms with E-state index in [0.29, 0.717) is 17.2 Å². The van der Waals surface area contributed by atoms with Gasteiger partial charge in [0, 0.05) is 23.8 Å². The highest BCUT2D eigenvalue weighted by atomic mass is 32.2. The summed E-state index contributed by atoms with van der Waals surface area (Å²) in [6, 6.07) is 5.25. The Hall–Kier alpha value is -1.15. The van der Waals surface area contributed by atoms with E-state index in [1.165, 1.54) is 21.9 Å². The van der Waals surface area contributed by atoms with Gasteiger partial charge in [0.25, 0.3) is 0 Å². The van der Waals surface area contributed by atoms with E-state index in [9.17, 15) is 8.42 Å². The molecule has 0 aliphatic carbocycles. The van der Waals surface area contributed by atoms with Gasteiger partial charge in [-0.05, 0) is 31.2 Å². The topological polar surface area (TPSA) is 62.6 Å². The van der Waals surface area contributed by atoms with E-state index in [2.05, 4.69) is 12.2 Å². The molecule has 0 saturated heterocycles. The van der Waals surface area contributed by atoms with E-state index in [1.807, 2.05) is 0 Å². The number of nitrogens with one attached hydrogen (secondary N) is 1. The Morgan fingerprint density at radius 2 is 2.24 bits per heavy atom. The summed E-state index contributed by atoms with van der Waals surface area (Å²) >= 11 is 1.46. The van der Waals surface area contributed by atoms with E-state index in [4.69, 9.17) is 4.42 Å². The summed E-state index contributed by atoms with van der Waals surface area (Å²) in [5.41, 5.74) is 0. The fourth-order valence-corrected chi connectivity index (χ4v) is 4.23. The summed E-state index contributed by atoms with van der Waals surface area (Å²) in [6.07, 6.45) is 2.60. The zero-order valence-corrected chi connectivity index (χ0v) is 13.8. The van der Waals surface area contributed by atoms with Crippen LogP contribution in [-0.4, -0.2) is 26.3 Å². The van der Waals surface area contributed by atoms with Crippen LogP contribution in [0.1, 0.15) is 24.0 Å². The largest absolute Gasteiger partial charge is 0.468 e. The smallest absolute Gasteiger partial charge is 0.244 e. The Labute approximate surface area is 129 Å². The van der Waals surface area contributed by atoms with Crippen LogP contribution < -0.4 is 5.32 Å². The maximum absolute atomic E-state index is 12.5. The number of nitrogens with zero attached hydrogens (tertiary/aromatic N) is 1. The summed E-state index contributed by atoms with van der Waals surface area (Å²) in [5, 5.41) is 4.96. The van der Waals surface area contributed by atoms with Crippen molar-refractivity contribution in [2.24, 2.45) is 0 Å². The fraction of sp³-hybridized carbons (Fsp3) is 0.429. The van der Waals surface area contributed by atoms with Gasteiger partial charge in [-0.2, -0.15) is 4.31 Å². The standard InChI is InChI=1S/C14H20N2O3S2/c1-3-6-15-9-13-8-14(11-20-13)21(17,18)16(2)10-12-5-4-7-19-12/h4-5,7-8,11,15H,3,6,9-10H2,1-2H3. The van der Waals surface area contributed by atoms with Crippen molar-refractivity contribution in [2.45, 2.75) is 31.3 Å². The average molecular weight is 328 g/mol. The molecule has 7 heteroatoms. The minimum absolute atomic E-state index is 0.231. The highest BCUT2D eigenvalue weighted by Gasteiger charge is 2.23. The van der Waals surface area contributed by atoms with Crippen molar-refractivity contribution >= 4 is 21.4 Å². The van der Waals surface area contributed by atoms with Crippen molar-refractivity contribution in [2.75, 3.05) is 13.6 Å². The summed E-state index contributed by atoms with van der Waals surface area (Å²) < 4.78 is 31.4. The summed E-state index contributed by atoms with van der Waals surface area (Å²) in [4.78, 5) is 1.36. The molecular weight excluding hydrogens is 308 g/mol. The van der Waals surface area contributed by atoms with Crippen LogP contribution in [0.3, 0.4) is 0 Å². The number of thiophene rings is 1. The Morgan fingerprint density at radius 1 is 1.43 bits per heavy atom. The van der Waals surface area contributed by atoms with Gasteiger partial charge in [0.2, 0.25) is 10.0 Å². The first-order chi connectivity index (χ1) is 10.0. The summed E-state index contributed by atoms with van der Waals surface area (Å²) in [5.74, 6) is 0.626. The molecule has 2 aromatic heterocycles. The quantitative estimate of drug-likeness (QED) is 0.757. The van der Waals surface area contributed by atoms with Crippen molar-refractivity contribution in [3.8, 4) is 0 Å². The lowest BCUT2D eigenvalue weighted by Gasteiger charge is -2.14. The molecule has 0 unspecified atom stereocenters. The highest BCUT2D eigenvalue weighted by Crippen LogP contribution is 2.23. The lowest BCUT2D eigenvalue weighted by Crippen LogP contribution is -2.26. The Morgan fingerprint density at radius 3 is 2.90 bits per heavy atom. The maximum atomic E-state index is 12.5. The van der Waals surface area contributed by atoms with E-state index < -0.39 is 10.0 Å². The first-order valence-corrected chi connectivity index (χ1v) is 9.13. The highest BCUT2D eigenvalue weighted by molar-refractivity contribution is 7.89. The molecule has 0 bridgehead atoms. The van der Waals surface area contributed by atoms with Crippen molar-refractivity contribution in [1.82, 2.24) is 9.62 Å². The zero-order valence-electron chi connectivity index (χ0n) is 12.2. The van der Waals surface area contributed by atoms with Crippen molar-refractivity contribution < 1.29 is 12.8 Å². The number of sulfonamides is 1. The number of furan rings is 1. The van der Waals surface area contributed by atoms with E-state index in [-0.39, 0.29) is 6.54 Å². The molecule has 0 spiro atoms. The number of rotatable bonds is 8. The predicted octanol–water partition coefficient (Wildman–Crippen LogP) is 2.66. The third-order valence-corrected chi connectivity index (χ3v) is 5.89. The first kappa shape index (κ1) is 16.2. The first-order valence-electron chi connectivity index (χ1n) is 6.81. The summed E-state index contributed by atoms with van der Waals surface area (Å²) in [6.45, 7) is 3.96. The summed E-state index contributed by atoms with van der Waals surface area (Å²) in [7, 11) is -1.91. The minimum Gasteiger partial charge on any atom is -0.468 e. The van der Waals surface area contributed by atoms with Crippen LogP contribution in [-0.2, 0) is 23.1 Å². The number of hydrogen-bond acceptors (Lipinski definition) is 5. The Kier molecular flexibility index (Phi) is 5.58. The van der Waals surface area contributed by atoms with Crippen LogP contribution in [0.25, 0.3) is 0 Å². The molecule has 5 nitrogen and oxygen atoms in total. The van der Waals surface area contributed by atoms with Gasteiger partial charge in [-0.3, -0.25) is 0 Å². The molecule has 1 N–H and O–H groups in total. The molecule has 0 aliphatic rings. The van der Waals surface area contributed by atoms with Crippen LogP contribution in [0.4, 0.5) is 0 Å². The maximum Gasteiger partial charge on any atom is 0.244 e. The number of hydrogen-bond donors (Lipinski definition) is 1. The third kappa shape index (κ3) is 4.16. The lowest BCUT2D eigenvalue weighted by molar-refractivity contribution is 0.406. The molecule has 2 rings (SSSR count). The van der Waals surface area contributed by atoms with Crippen molar-refractivity contribution in [3.05, 3.63) is 40.5 Å². The molecule has 0 radical (unpaired) electrons. The third-order valence-electron chi connectivity index (χ3n) is 3.02. The average Bonchev–Trinajstić information content (AvgIpc) is 3.10. The van der Waals surface area contributed by atoms with E-state index in [0.717, 1.165) is 17.8 Å². The Bertz CT molecular complexity index is 648. The molecule has 2 heterocycles. The minimum atomic E-state index is -3.47. The normalized spacial score (nSPS) is 12.1. The van der Waals surface area contributed by atoms with Gasteiger partial charge in [0.1, 0.15) is 5.76 Å². The fourth-order valence-electron chi connectivity index (χ4n) is 1.86.